The third-order valence-electron chi connectivity index (χ3n) is 2.73. The summed E-state index contributed by atoms with van der Waals surface area (Å²) in [7, 11) is 1.69. The van der Waals surface area contributed by atoms with Gasteiger partial charge in [0, 0.05) is 25.2 Å². The summed E-state index contributed by atoms with van der Waals surface area (Å²) >= 11 is 0. The van der Waals surface area contributed by atoms with Gasteiger partial charge in [-0.2, -0.15) is 0 Å². The van der Waals surface area contributed by atoms with Crippen molar-refractivity contribution in [1.29, 1.82) is 5.41 Å². The fourth-order valence-electron chi connectivity index (χ4n) is 1.51. The maximum Gasteiger partial charge on any atom is 0.0595 e. The molecule has 0 saturated heterocycles. The van der Waals surface area contributed by atoms with E-state index in [-0.39, 0.29) is 12.0 Å². The summed E-state index contributed by atoms with van der Waals surface area (Å²) in [5.74, 6) is 0.184. The van der Waals surface area contributed by atoms with Crippen molar-refractivity contribution < 1.29 is 4.74 Å². The monoisotopic (exact) mass is 205 g/mol. The summed E-state index contributed by atoms with van der Waals surface area (Å²) in [5, 5.41) is 7.99. The lowest BCUT2D eigenvalue weighted by atomic mass is 9.93. The van der Waals surface area contributed by atoms with Gasteiger partial charge in [-0.1, -0.05) is 37.3 Å². The smallest absolute Gasteiger partial charge is 0.0595 e. The Morgan fingerprint density at radius 1 is 1.27 bits per heavy atom. The van der Waals surface area contributed by atoms with Crippen LogP contribution in [0.25, 0.3) is 0 Å². The maximum atomic E-state index is 7.99. The van der Waals surface area contributed by atoms with Crippen LogP contribution in [-0.4, -0.2) is 18.9 Å². The van der Waals surface area contributed by atoms with E-state index in [2.05, 4.69) is 19.1 Å². The Morgan fingerprint density at radius 3 is 2.40 bits per heavy atom. The second-order valence-electron chi connectivity index (χ2n) is 3.91. The molecule has 0 aromatic heterocycles. The van der Waals surface area contributed by atoms with E-state index in [1.54, 1.807) is 7.11 Å². The van der Waals surface area contributed by atoms with Crippen molar-refractivity contribution in [2.24, 2.45) is 0 Å². The molecule has 0 amide bonds. The maximum absolute atomic E-state index is 7.99. The Morgan fingerprint density at radius 2 is 1.87 bits per heavy atom. The first-order valence-corrected chi connectivity index (χ1v) is 5.30. The van der Waals surface area contributed by atoms with Gasteiger partial charge in [-0.25, -0.2) is 0 Å². The van der Waals surface area contributed by atoms with Crippen molar-refractivity contribution in [2.75, 3.05) is 7.11 Å². The number of hydrogen-bond acceptors (Lipinski definition) is 2. The van der Waals surface area contributed by atoms with Crippen LogP contribution in [0.3, 0.4) is 0 Å². The minimum absolute atomic E-state index is 0.128. The Bertz CT molecular complexity index is 308. The van der Waals surface area contributed by atoms with Crippen molar-refractivity contribution >= 4 is 5.71 Å². The molecule has 0 radical (unpaired) electrons. The molecule has 0 heterocycles. The standard InChI is InChI=1S/C13H19NO/c1-10(15-3)9-13(14)11(2)12-7-5-4-6-8-12/h4-8,10-11,14H,9H2,1-3H3/t10-,11-/m0/s1. The fraction of sp³-hybridized carbons (Fsp3) is 0.462. The molecule has 0 bridgehead atoms. The second-order valence-corrected chi connectivity index (χ2v) is 3.91. The van der Waals surface area contributed by atoms with Crippen molar-refractivity contribution in [3.05, 3.63) is 35.9 Å². The molecule has 82 valence electrons. The van der Waals surface area contributed by atoms with Crippen LogP contribution in [0.5, 0.6) is 0 Å². The molecule has 1 rings (SSSR count). The molecule has 0 saturated carbocycles. The summed E-state index contributed by atoms with van der Waals surface area (Å²) in [6.07, 6.45) is 0.829. The highest BCUT2D eigenvalue weighted by Gasteiger charge is 2.13. The van der Waals surface area contributed by atoms with Gasteiger partial charge in [-0.05, 0) is 12.5 Å². The number of methoxy groups -OCH3 is 1. The molecule has 2 atom stereocenters. The average Bonchev–Trinajstić information content (AvgIpc) is 2.29. The van der Waals surface area contributed by atoms with Gasteiger partial charge >= 0.3 is 0 Å². The molecule has 2 nitrogen and oxygen atoms in total. The van der Waals surface area contributed by atoms with Crippen molar-refractivity contribution in [3.8, 4) is 0 Å². The van der Waals surface area contributed by atoms with E-state index >= 15 is 0 Å². The summed E-state index contributed by atoms with van der Waals surface area (Å²) in [4.78, 5) is 0. The summed E-state index contributed by atoms with van der Waals surface area (Å²) in [5.41, 5.74) is 1.93. The predicted octanol–water partition coefficient (Wildman–Crippen LogP) is 3.23. The van der Waals surface area contributed by atoms with Crippen LogP contribution in [0.1, 0.15) is 31.7 Å². The SMILES string of the molecule is CO[C@@H](C)CC(=N)[C@@H](C)c1ccccc1. The molecule has 1 aromatic rings. The summed E-state index contributed by atoms with van der Waals surface area (Å²) in [6, 6.07) is 10.2. The molecule has 0 fully saturated rings. The third kappa shape index (κ3) is 3.48. The zero-order chi connectivity index (χ0) is 11.3. The minimum atomic E-state index is 0.128. The topological polar surface area (TPSA) is 33.1 Å². The van der Waals surface area contributed by atoms with E-state index in [1.165, 1.54) is 5.56 Å². The van der Waals surface area contributed by atoms with Gasteiger partial charge in [-0.3, -0.25) is 0 Å². The number of nitrogens with one attached hydrogen (secondary N) is 1. The van der Waals surface area contributed by atoms with Gasteiger partial charge in [0.25, 0.3) is 0 Å². The number of hydrogen-bond donors (Lipinski definition) is 1. The highest BCUT2D eigenvalue weighted by atomic mass is 16.5. The highest BCUT2D eigenvalue weighted by Crippen LogP contribution is 2.18. The van der Waals surface area contributed by atoms with Crippen LogP contribution < -0.4 is 0 Å². The molecule has 15 heavy (non-hydrogen) atoms. The first-order chi connectivity index (χ1) is 7.15. The van der Waals surface area contributed by atoms with Crippen LogP contribution >= 0.6 is 0 Å². The molecule has 0 unspecified atom stereocenters. The zero-order valence-electron chi connectivity index (χ0n) is 9.66. The van der Waals surface area contributed by atoms with Crippen LogP contribution in [0.15, 0.2) is 30.3 Å². The number of benzene rings is 1. The Hall–Kier alpha value is -1.15. The van der Waals surface area contributed by atoms with Gasteiger partial charge in [0.15, 0.2) is 0 Å². The highest BCUT2D eigenvalue weighted by molar-refractivity contribution is 5.88. The van der Waals surface area contributed by atoms with Gasteiger partial charge in [-0.15, -0.1) is 0 Å². The van der Waals surface area contributed by atoms with Gasteiger partial charge in [0.1, 0.15) is 0 Å². The molecular weight excluding hydrogens is 186 g/mol. The first kappa shape index (κ1) is 11.9. The second kappa shape index (κ2) is 5.66. The minimum Gasteiger partial charge on any atom is -0.381 e. The molecular formula is C13H19NO. The van der Waals surface area contributed by atoms with E-state index in [0.717, 1.165) is 5.71 Å². The van der Waals surface area contributed by atoms with E-state index < -0.39 is 0 Å². The van der Waals surface area contributed by atoms with Crippen molar-refractivity contribution in [1.82, 2.24) is 0 Å². The molecule has 1 N–H and O–H groups in total. The summed E-state index contributed by atoms with van der Waals surface area (Å²) < 4.78 is 5.17. The first-order valence-electron chi connectivity index (χ1n) is 5.30. The van der Waals surface area contributed by atoms with Gasteiger partial charge < -0.3 is 10.1 Å². The molecule has 0 spiro atoms. The average molecular weight is 205 g/mol. The molecule has 0 aliphatic heterocycles. The van der Waals surface area contributed by atoms with E-state index in [1.807, 2.05) is 25.1 Å². The molecule has 1 aromatic carbocycles. The van der Waals surface area contributed by atoms with Crippen LogP contribution in [-0.2, 0) is 4.74 Å². The van der Waals surface area contributed by atoms with E-state index in [9.17, 15) is 0 Å². The van der Waals surface area contributed by atoms with Crippen LogP contribution in [0.2, 0.25) is 0 Å². The molecule has 2 heteroatoms. The number of rotatable bonds is 5. The molecule has 0 aliphatic rings. The fourth-order valence-corrected chi connectivity index (χ4v) is 1.51. The quantitative estimate of drug-likeness (QED) is 0.735. The van der Waals surface area contributed by atoms with Crippen molar-refractivity contribution in [2.45, 2.75) is 32.3 Å². The molecule has 0 aliphatic carbocycles. The zero-order valence-corrected chi connectivity index (χ0v) is 9.66. The summed E-state index contributed by atoms with van der Waals surface area (Å²) in [6.45, 7) is 4.06. The predicted molar refractivity (Wildman–Crippen MR) is 63.7 cm³/mol. The van der Waals surface area contributed by atoms with E-state index in [0.29, 0.717) is 6.42 Å². The number of ether oxygens (including phenoxy) is 1. The lowest BCUT2D eigenvalue weighted by Crippen LogP contribution is -2.16. The van der Waals surface area contributed by atoms with Crippen LogP contribution in [0, 0.1) is 5.41 Å². The van der Waals surface area contributed by atoms with Gasteiger partial charge in [0.2, 0.25) is 0 Å². The normalized spacial score (nSPS) is 14.6. The lowest BCUT2D eigenvalue weighted by Gasteiger charge is -2.16. The van der Waals surface area contributed by atoms with Crippen molar-refractivity contribution in [3.63, 3.8) is 0 Å². The lowest BCUT2D eigenvalue weighted by molar-refractivity contribution is 0.124. The third-order valence-corrected chi connectivity index (χ3v) is 2.73. The van der Waals surface area contributed by atoms with Crippen LogP contribution in [0.4, 0.5) is 0 Å². The Balaban J connectivity index is 2.61. The van der Waals surface area contributed by atoms with E-state index in [4.69, 9.17) is 10.1 Å². The van der Waals surface area contributed by atoms with Gasteiger partial charge in [0.05, 0.1) is 6.10 Å². The Kier molecular flexibility index (Phi) is 4.50. The Labute approximate surface area is 91.8 Å². The largest absolute Gasteiger partial charge is 0.381 e.